The van der Waals surface area contributed by atoms with Crippen LogP contribution in [0, 0.1) is 0 Å². The zero-order valence-electron chi connectivity index (χ0n) is 29.9. The highest BCUT2D eigenvalue weighted by Crippen LogP contribution is 2.40. The molecule has 2 N–H and O–H groups in total. The molecule has 0 radical (unpaired) electrons. The number of ether oxygens (including phenoxy) is 1. The quantitative estimate of drug-likeness (QED) is 0.125. The van der Waals surface area contributed by atoms with E-state index in [0.717, 1.165) is 22.2 Å². The summed E-state index contributed by atoms with van der Waals surface area (Å²) in [6.07, 6.45) is 0.581. The summed E-state index contributed by atoms with van der Waals surface area (Å²) in [5.74, 6) is 0. The van der Waals surface area contributed by atoms with Crippen LogP contribution in [0.15, 0.2) is 91.0 Å². The minimum Gasteiger partial charge on any atom is -0.414 e. The van der Waals surface area contributed by atoms with Crippen molar-refractivity contribution in [1.29, 1.82) is 0 Å². The van der Waals surface area contributed by atoms with Crippen LogP contribution in [0.2, 0.25) is 23.2 Å². The van der Waals surface area contributed by atoms with E-state index in [0.29, 0.717) is 26.1 Å². The van der Waals surface area contributed by atoms with Crippen molar-refractivity contribution in [3.05, 3.63) is 96.6 Å². The molecule has 0 unspecified atom stereocenters. The molecule has 3 aromatic carbocycles. The molecule has 7 nitrogen and oxygen atoms in total. The highest BCUT2D eigenvalue weighted by molar-refractivity contribution is 7.86. The number of nitrogens with two attached hydrogens (primary N) is 1. The fourth-order valence-electron chi connectivity index (χ4n) is 5.53. The van der Waals surface area contributed by atoms with Gasteiger partial charge in [0.15, 0.2) is 8.32 Å². The average molecular weight is 700 g/mol. The van der Waals surface area contributed by atoms with E-state index in [1.807, 2.05) is 66.7 Å². The summed E-state index contributed by atoms with van der Waals surface area (Å²) in [6.45, 7) is 18.3. The third kappa shape index (κ3) is 11.2. The lowest BCUT2D eigenvalue weighted by molar-refractivity contribution is 0.0103. The predicted octanol–water partition coefficient (Wildman–Crippen LogP) is 6.62. The lowest BCUT2D eigenvalue weighted by Gasteiger charge is -2.46. The molecular formula is C37H57NO6SSi2. The third-order valence-electron chi connectivity index (χ3n) is 9.14. The smallest absolute Gasteiger partial charge is 0.264 e. The minimum atomic E-state index is -3.86. The molecule has 0 spiro atoms. The van der Waals surface area contributed by atoms with E-state index in [1.54, 1.807) is 0 Å². The van der Waals surface area contributed by atoms with Crippen molar-refractivity contribution in [3.63, 3.8) is 0 Å². The second kappa shape index (κ2) is 16.5. The molecule has 10 heteroatoms. The number of hydrogen-bond donors (Lipinski definition) is 1. The van der Waals surface area contributed by atoms with Gasteiger partial charge in [-0.1, -0.05) is 133 Å². The second-order valence-electron chi connectivity index (χ2n) is 15.1. The highest BCUT2D eigenvalue weighted by atomic mass is 32.2. The molecule has 0 bridgehead atoms. The van der Waals surface area contributed by atoms with Crippen LogP contribution in [0.5, 0.6) is 0 Å². The van der Waals surface area contributed by atoms with Crippen molar-refractivity contribution in [2.24, 2.45) is 5.73 Å². The number of hydrogen-bond acceptors (Lipinski definition) is 7. The molecule has 0 aliphatic rings. The summed E-state index contributed by atoms with van der Waals surface area (Å²) in [5.41, 5.74) is 7.71. The summed E-state index contributed by atoms with van der Waals surface area (Å²) < 4.78 is 51.7. The van der Waals surface area contributed by atoms with Crippen molar-refractivity contribution in [3.8, 4) is 0 Å². The van der Waals surface area contributed by atoms with E-state index in [2.05, 4.69) is 78.9 Å². The van der Waals surface area contributed by atoms with Gasteiger partial charge in [0.05, 0.1) is 32.2 Å². The Morgan fingerprint density at radius 2 is 1.19 bits per heavy atom. The van der Waals surface area contributed by atoms with Gasteiger partial charge >= 0.3 is 0 Å². The van der Waals surface area contributed by atoms with Crippen LogP contribution >= 0.6 is 0 Å². The molecule has 0 aromatic heterocycles. The fourth-order valence-corrected chi connectivity index (χ4v) is 11.9. The second-order valence-corrected chi connectivity index (χ2v) is 25.7. The van der Waals surface area contributed by atoms with Gasteiger partial charge in [0.25, 0.3) is 18.4 Å². The molecule has 0 amide bonds. The monoisotopic (exact) mass is 699 g/mol. The van der Waals surface area contributed by atoms with Gasteiger partial charge in [-0.15, -0.1) is 0 Å². The maximum atomic E-state index is 12.8. The van der Waals surface area contributed by atoms with Crippen LogP contribution in [0.1, 0.15) is 59.9 Å². The van der Waals surface area contributed by atoms with Crippen molar-refractivity contribution in [1.82, 2.24) is 0 Å². The largest absolute Gasteiger partial charge is 0.414 e. The molecule has 0 aliphatic heterocycles. The van der Waals surface area contributed by atoms with Crippen molar-refractivity contribution in [2.75, 3.05) is 19.5 Å². The van der Waals surface area contributed by atoms with Crippen LogP contribution in [-0.4, -0.2) is 62.8 Å². The molecule has 3 rings (SSSR count). The summed E-state index contributed by atoms with van der Waals surface area (Å²) in [6, 6.07) is 30.4. The van der Waals surface area contributed by atoms with Gasteiger partial charge in [-0.05, 0) is 51.9 Å². The van der Waals surface area contributed by atoms with Gasteiger partial charge in [-0.2, -0.15) is 8.42 Å². The fraction of sp³-hybridized carbons (Fsp3) is 0.514. The van der Waals surface area contributed by atoms with E-state index in [-0.39, 0.29) is 22.7 Å². The van der Waals surface area contributed by atoms with Crippen LogP contribution in [0.25, 0.3) is 0 Å². The Morgan fingerprint density at radius 1 is 0.702 bits per heavy atom. The Balaban J connectivity index is 2.05. The topological polar surface area (TPSA) is 97.1 Å². The van der Waals surface area contributed by atoms with E-state index < -0.39 is 39.0 Å². The number of rotatable bonds is 17. The minimum absolute atomic E-state index is 0.0740. The first-order valence-corrected chi connectivity index (χ1v) is 23.2. The molecule has 0 fully saturated rings. The van der Waals surface area contributed by atoms with Crippen LogP contribution in [-0.2, 0) is 34.5 Å². The van der Waals surface area contributed by atoms with Gasteiger partial charge < -0.3 is 19.3 Å². The lowest BCUT2D eigenvalue weighted by Crippen LogP contribution is -2.68. The van der Waals surface area contributed by atoms with Crippen LogP contribution in [0.3, 0.4) is 0 Å². The maximum Gasteiger partial charge on any atom is 0.264 e. The van der Waals surface area contributed by atoms with Gasteiger partial charge in [0, 0.05) is 6.04 Å². The molecular weight excluding hydrogens is 643 g/mol. The van der Waals surface area contributed by atoms with E-state index in [9.17, 15) is 8.42 Å². The normalized spacial score (nSPS) is 15.3. The first kappa shape index (κ1) is 39.3. The van der Waals surface area contributed by atoms with Gasteiger partial charge in [0.1, 0.15) is 6.10 Å². The lowest BCUT2D eigenvalue weighted by atomic mass is 10.1. The highest BCUT2D eigenvalue weighted by Gasteiger charge is 2.52. The molecule has 0 aliphatic carbocycles. The standard InChI is InChI=1S/C37H57NO6SSi2/c1-36(2,3)46(8,9)42-29-35(43-45(7,39)40)34(26-25-31(38)28-41-27-30-19-13-10-14-20-30)44-47(37(4,5)6,32-21-15-11-16-22-32)33-23-17-12-18-24-33/h10-24,31,34-35H,25-29,38H2,1-9H3/t31-,34-,35-/m0/s1. The first-order chi connectivity index (χ1) is 21.9. The van der Waals surface area contributed by atoms with E-state index in [1.165, 1.54) is 0 Å². The molecule has 0 heterocycles. The summed E-state index contributed by atoms with van der Waals surface area (Å²) in [7, 11) is -9.23. The predicted molar refractivity (Wildman–Crippen MR) is 199 cm³/mol. The van der Waals surface area contributed by atoms with E-state index in [4.69, 9.17) is 23.5 Å². The number of benzene rings is 3. The molecule has 3 aromatic rings. The average Bonchev–Trinajstić information content (AvgIpc) is 2.99. The van der Waals surface area contributed by atoms with Gasteiger partial charge in [0.2, 0.25) is 0 Å². The molecule has 47 heavy (non-hydrogen) atoms. The zero-order valence-corrected chi connectivity index (χ0v) is 32.7. The molecule has 260 valence electrons. The summed E-state index contributed by atoms with van der Waals surface area (Å²) in [5, 5.41) is 1.80. The SMILES string of the molecule is CC(C)(C)[Si](C)(C)OC[C@H](OS(C)(=O)=O)[C@H](CC[C@H](N)COCc1ccccc1)O[Si](c1ccccc1)(c1ccccc1)C(C)(C)C. The van der Waals surface area contributed by atoms with Gasteiger partial charge in [-0.3, -0.25) is 4.18 Å². The Morgan fingerprint density at radius 3 is 1.64 bits per heavy atom. The summed E-state index contributed by atoms with van der Waals surface area (Å²) in [4.78, 5) is 0. The van der Waals surface area contributed by atoms with Crippen LogP contribution < -0.4 is 16.1 Å². The molecule has 0 saturated heterocycles. The van der Waals surface area contributed by atoms with Crippen molar-refractivity contribution < 1.29 is 26.2 Å². The van der Waals surface area contributed by atoms with Crippen molar-refractivity contribution in [2.45, 2.75) is 102 Å². The Hall–Kier alpha value is -2.16. The maximum absolute atomic E-state index is 12.8. The Kier molecular flexibility index (Phi) is 13.8. The van der Waals surface area contributed by atoms with Gasteiger partial charge in [-0.25, -0.2) is 0 Å². The van der Waals surface area contributed by atoms with Crippen LogP contribution in [0.4, 0.5) is 0 Å². The Labute approximate surface area is 286 Å². The van der Waals surface area contributed by atoms with E-state index >= 15 is 0 Å². The van der Waals surface area contributed by atoms with Crippen molar-refractivity contribution >= 4 is 37.1 Å². The summed E-state index contributed by atoms with van der Waals surface area (Å²) >= 11 is 0. The zero-order chi connectivity index (χ0) is 34.9. The molecule has 0 saturated carbocycles. The first-order valence-electron chi connectivity index (χ1n) is 16.5. The third-order valence-corrected chi connectivity index (χ3v) is 19.3. The molecule has 3 atom stereocenters. The Bertz CT molecular complexity index is 1420.